The SMILES string of the molecule is Cn1c(=O)c(C(=O)C=Cc2cccs2)c(-c2ccccc2)c2cc(Cl)ccc21. The van der Waals surface area contributed by atoms with E-state index in [2.05, 4.69) is 0 Å². The number of hydrogen-bond donors (Lipinski definition) is 0. The zero-order valence-corrected chi connectivity index (χ0v) is 16.6. The number of ketones is 1. The number of thiophene rings is 1. The van der Waals surface area contributed by atoms with Gasteiger partial charge in [-0.2, -0.15) is 0 Å². The second-order valence-corrected chi connectivity index (χ2v) is 7.77. The molecule has 0 aliphatic carbocycles. The molecular weight excluding hydrogens is 390 g/mol. The number of carbonyl (C=O) groups is 1. The van der Waals surface area contributed by atoms with Gasteiger partial charge < -0.3 is 4.57 Å². The van der Waals surface area contributed by atoms with E-state index in [1.807, 2.05) is 47.8 Å². The Morgan fingerprint density at radius 1 is 1.07 bits per heavy atom. The summed E-state index contributed by atoms with van der Waals surface area (Å²) in [5, 5.41) is 3.26. The van der Waals surface area contributed by atoms with E-state index in [9.17, 15) is 9.59 Å². The van der Waals surface area contributed by atoms with E-state index in [-0.39, 0.29) is 16.9 Å². The number of rotatable bonds is 4. The predicted molar refractivity (Wildman–Crippen MR) is 117 cm³/mol. The Kier molecular flexibility index (Phi) is 4.99. The molecule has 0 saturated carbocycles. The third-order valence-electron chi connectivity index (χ3n) is 4.61. The van der Waals surface area contributed by atoms with Gasteiger partial charge in [-0.3, -0.25) is 9.59 Å². The number of nitrogens with zero attached hydrogens (tertiary/aromatic N) is 1. The molecule has 0 amide bonds. The monoisotopic (exact) mass is 405 g/mol. The highest BCUT2D eigenvalue weighted by atomic mass is 35.5. The summed E-state index contributed by atoms with van der Waals surface area (Å²) in [5.41, 5.74) is 1.97. The lowest BCUT2D eigenvalue weighted by Gasteiger charge is -2.15. The van der Waals surface area contributed by atoms with Crippen LogP contribution in [0.4, 0.5) is 0 Å². The van der Waals surface area contributed by atoms with Crippen molar-refractivity contribution in [2.75, 3.05) is 0 Å². The molecule has 28 heavy (non-hydrogen) atoms. The number of carbonyl (C=O) groups excluding carboxylic acids is 1. The zero-order chi connectivity index (χ0) is 19.7. The zero-order valence-electron chi connectivity index (χ0n) is 15.1. The number of aromatic nitrogens is 1. The van der Waals surface area contributed by atoms with Crippen LogP contribution in [-0.4, -0.2) is 10.4 Å². The fourth-order valence-corrected chi connectivity index (χ4v) is 4.07. The summed E-state index contributed by atoms with van der Waals surface area (Å²) in [6.07, 6.45) is 3.20. The van der Waals surface area contributed by atoms with Crippen LogP contribution in [-0.2, 0) is 7.05 Å². The van der Waals surface area contributed by atoms with Gasteiger partial charge in [0.05, 0.1) is 11.1 Å². The summed E-state index contributed by atoms with van der Waals surface area (Å²) in [6.45, 7) is 0. The van der Waals surface area contributed by atoms with Crippen molar-refractivity contribution in [3.05, 3.63) is 97.9 Å². The molecule has 0 bridgehead atoms. The van der Waals surface area contributed by atoms with Crippen molar-refractivity contribution < 1.29 is 4.79 Å². The first-order chi connectivity index (χ1) is 13.6. The van der Waals surface area contributed by atoms with Crippen LogP contribution in [0.15, 0.2) is 76.9 Å². The lowest BCUT2D eigenvalue weighted by Crippen LogP contribution is -2.25. The smallest absolute Gasteiger partial charge is 0.262 e. The van der Waals surface area contributed by atoms with Crippen molar-refractivity contribution in [3.8, 4) is 11.1 Å². The van der Waals surface area contributed by atoms with E-state index in [0.29, 0.717) is 10.6 Å². The second kappa shape index (κ2) is 7.58. The van der Waals surface area contributed by atoms with Crippen LogP contribution >= 0.6 is 22.9 Å². The molecule has 2 heterocycles. The van der Waals surface area contributed by atoms with Crippen LogP contribution in [0.3, 0.4) is 0 Å². The first kappa shape index (κ1) is 18.4. The summed E-state index contributed by atoms with van der Waals surface area (Å²) in [7, 11) is 1.67. The molecule has 138 valence electrons. The maximum absolute atomic E-state index is 13.1. The van der Waals surface area contributed by atoms with Crippen LogP contribution in [0.2, 0.25) is 5.02 Å². The molecule has 4 rings (SSSR count). The van der Waals surface area contributed by atoms with Gasteiger partial charge in [-0.25, -0.2) is 0 Å². The van der Waals surface area contributed by atoms with Crippen molar-refractivity contribution in [3.63, 3.8) is 0 Å². The highest BCUT2D eigenvalue weighted by molar-refractivity contribution is 7.10. The van der Waals surface area contributed by atoms with Crippen molar-refractivity contribution in [1.82, 2.24) is 4.57 Å². The van der Waals surface area contributed by atoms with Crippen LogP contribution < -0.4 is 5.56 Å². The van der Waals surface area contributed by atoms with Gasteiger partial charge in [0, 0.05) is 27.9 Å². The summed E-state index contributed by atoms with van der Waals surface area (Å²) < 4.78 is 1.50. The van der Waals surface area contributed by atoms with Crippen LogP contribution in [0.25, 0.3) is 28.1 Å². The van der Waals surface area contributed by atoms with Gasteiger partial charge in [0.15, 0.2) is 5.78 Å². The number of benzene rings is 2. The number of allylic oxidation sites excluding steroid dienone is 1. The van der Waals surface area contributed by atoms with Gasteiger partial charge in [-0.15, -0.1) is 11.3 Å². The Labute approximate surface area is 171 Å². The molecule has 0 radical (unpaired) electrons. The molecule has 0 N–H and O–H groups in total. The molecule has 3 nitrogen and oxygen atoms in total. The van der Waals surface area contributed by atoms with Gasteiger partial charge in [0.1, 0.15) is 0 Å². The number of halogens is 1. The Morgan fingerprint density at radius 2 is 1.86 bits per heavy atom. The quantitative estimate of drug-likeness (QED) is 0.317. The third kappa shape index (κ3) is 3.33. The Balaban J connectivity index is 2.03. The van der Waals surface area contributed by atoms with Crippen LogP contribution in [0.5, 0.6) is 0 Å². The van der Waals surface area contributed by atoms with Gasteiger partial charge in [0.25, 0.3) is 5.56 Å². The molecule has 2 aromatic carbocycles. The van der Waals surface area contributed by atoms with E-state index in [0.717, 1.165) is 21.3 Å². The Morgan fingerprint density at radius 3 is 2.57 bits per heavy atom. The summed E-state index contributed by atoms with van der Waals surface area (Å²) in [5.74, 6) is -0.324. The molecule has 5 heteroatoms. The van der Waals surface area contributed by atoms with E-state index in [1.54, 1.807) is 31.3 Å². The largest absolute Gasteiger partial charge is 0.311 e. The molecule has 0 saturated heterocycles. The van der Waals surface area contributed by atoms with Crippen LogP contribution in [0.1, 0.15) is 15.2 Å². The number of aryl methyl sites for hydroxylation is 1. The fraction of sp³-hybridized carbons (Fsp3) is 0.0435. The lowest BCUT2D eigenvalue weighted by molar-refractivity contribution is 0.104. The van der Waals surface area contributed by atoms with E-state index in [4.69, 9.17) is 11.6 Å². The Bertz CT molecular complexity index is 1260. The molecular formula is C23H16ClNO2S. The fourth-order valence-electron chi connectivity index (χ4n) is 3.28. The van der Waals surface area contributed by atoms with Crippen molar-refractivity contribution in [2.24, 2.45) is 7.05 Å². The first-order valence-electron chi connectivity index (χ1n) is 8.70. The number of hydrogen-bond acceptors (Lipinski definition) is 3. The lowest BCUT2D eigenvalue weighted by atomic mass is 9.93. The molecule has 0 spiro atoms. The molecule has 0 fully saturated rings. The minimum Gasteiger partial charge on any atom is -0.311 e. The first-order valence-corrected chi connectivity index (χ1v) is 9.95. The minimum absolute atomic E-state index is 0.149. The highest BCUT2D eigenvalue weighted by Crippen LogP contribution is 2.32. The predicted octanol–water partition coefficient (Wildman–Crippen LogP) is 5.82. The van der Waals surface area contributed by atoms with Gasteiger partial charge >= 0.3 is 0 Å². The van der Waals surface area contributed by atoms with Crippen molar-refractivity contribution >= 4 is 45.7 Å². The number of fused-ring (bicyclic) bond motifs is 1. The molecule has 4 aromatic rings. The number of pyridine rings is 1. The average molecular weight is 406 g/mol. The molecule has 0 aliphatic rings. The Hall–Kier alpha value is -2.95. The van der Waals surface area contributed by atoms with Crippen molar-refractivity contribution in [1.29, 1.82) is 0 Å². The minimum atomic E-state index is -0.325. The average Bonchev–Trinajstić information content (AvgIpc) is 3.23. The van der Waals surface area contributed by atoms with Gasteiger partial charge in [-0.1, -0.05) is 48.0 Å². The maximum atomic E-state index is 13.1. The molecule has 2 aromatic heterocycles. The summed E-state index contributed by atoms with van der Waals surface area (Å²) in [4.78, 5) is 27.2. The van der Waals surface area contributed by atoms with E-state index >= 15 is 0 Å². The van der Waals surface area contributed by atoms with E-state index < -0.39 is 0 Å². The summed E-state index contributed by atoms with van der Waals surface area (Å²) in [6, 6.07) is 18.7. The van der Waals surface area contributed by atoms with E-state index in [1.165, 1.54) is 22.0 Å². The standard InChI is InChI=1S/C23H16ClNO2S/c1-25-19-11-9-16(24)14-18(19)21(15-6-3-2-4-7-15)22(23(25)27)20(26)12-10-17-8-5-13-28-17/h2-14H,1H3. The highest BCUT2D eigenvalue weighted by Gasteiger charge is 2.21. The van der Waals surface area contributed by atoms with Gasteiger partial charge in [0.2, 0.25) is 0 Å². The molecule has 0 atom stereocenters. The normalized spacial score (nSPS) is 11.4. The van der Waals surface area contributed by atoms with Crippen molar-refractivity contribution in [2.45, 2.75) is 0 Å². The second-order valence-electron chi connectivity index (χ2n) is 6.35. The molecule has 0 aliphatic heterocycles. The van der Waals surface area contributed by atoms with Crippen LogP contribution in [0, 0.1) is 0 Å². The van der Waals surface area contributed by atoms with Gasteiger partial charge in [-0.05, 0) is 47.4 Å². The maximum Gasteiger partial charge on any atom is 0.262 e. The topological polar surface area (TPSA) is 39.1 Å². The summed E-state index contributed by atoms with van der Waals surface area (Å²) >= 11 is 7.78. The molecule has 0 unspecified atom stereocenters. The third-order valence-corrected chi connectivity index (χ3v) is 5.68.